The van der Waals surface area contributed by atoms with E-state index in [4.69, 9.17) is 5.11 Å². The molecule has 140 valence electrons. The lowest BCUT2D eigenvalue weighted by Gasteiger charge is -2.05. The lowest BCUT2D eigenvalue weighted by molar-refractivity contribution is -0.137. The average molecular weight is 385 g/mol. The van der Waals surface area contributed by atoms with Crippen molar-refractivity contribution in [3.05, 3.63) is 63.0 Å². The molecule has 0 fully saturated rings. The summed E-state index contributed by atoms with van der Waals surface area (Å²) in [5, 5.41) is 11.8. The van der Waals surface area contributed by atoms with Crippen molar-refractivity contribution in [2.45, 2.75) is 26.3 Å². The minimum Gasteiger partial charge on any atom is -0.481 e. The van der Waals surface area contributed by atoms with Crippen LogP contribution in [-0.4, -0.2) is 33.1 Å². The highest BCUT2D eigenvalue weighted by Crippen LogP contribution is 2.26. The molecule has 1 aromatic carbocycles. The van der Waals surface area contributed by atoms with Gasteiger partial charge in [-0.15, -0.1) is 11.3 Å². The molecule has 1 amide bonds. The molecule has 2 aromatic heterocycles. The number of fused-ring (bicyclic) bond motifs is 1. The second kappa shape index (κ2) is 8.13. The molecule has 7 nitrogen and oxygen atoms in total. The van der Waals surface area contributed by atoms with Gasteiger partial charge in [-0.3, -0.25) is 19.0 Å². The molecule has 0 aliphatic heterocycles. The number of benzene rings is 1. The molecule has 3 rings (SSSR count). The predicted molar refractivity (Wildman–Crippen MR) is 103 cm³/mol. The first-order valence-corrected chi connectivity index (χ1v) is 9.31. The van der Waals surface area contributed by atoms with Crippen molar-refractivity contribution < 1.29 is 14.7 Å². The molecular formula is C19H19N3O4S. The summed E-state index contributed by atoms with van der Waals surface area (Å²) < 4.78 is 1.53. The molecule has 8 heteroatoms. The van der Waals surface area contributed by atoms with Crippen LogP contribution in [0.25, 0.3) is 10.2 Å². The Morgan fingerprint density at radius 2 is 2.00 bits per heavy atom. The molecule has 0 bridgehead atoms. The molecule has 3 aromatic rings. The number of thiophene rings is 1. The van der Waals surface area contributed by atoms with Gasteiger partial charge in [0.15, 0.2) is 0 Å². The van der Waals surface area contributed by atoms with Gasteiger partial charge in [0.2, 0.25) is 0 Å². The maximum Gasteiger partial charge on any atom is 0.303 e. The van der Waals surface area contributed by atoms with Crippen LogP contribution in [0.15, 0.2) is 41.5 Å². The number of aromatic nitrogens is 2. The van der Waals surface area contributed by atoms with Gasteiger partial charge in [-0.25, -0.2) is 4.98 Å². The van der Waals surface area contributed by atoms with Gasteiger partial charge in [0, 0.05) is 13.0 Å². The molecule has 0 spiro atoms. The molecule has 0 aliphatic carbocycles. The first-order valence-electron chi connectivity index (χ1n) is 8.50. The van der Waals surface area contributed by atoms with Crippen LogP contribution in [0.2, 0.25) is 0 Å². The number of rotatable bonds is 7. The van der Waals surface area contributed by atoms with Crippen molar-refractivity contribution in [3.63, 3.8) is 0 Å². The van der Waals surface area contributed by atoms with Crippen LogP contribution in [0.1, 0.15) is 33.6 Å². The number of hydrogen-bond acceptors (Lipinski definition) is 5. The van der Waals surface area contributed by atoms with Gasteiger partial charge < -0.3 is 10.4 Å². The molecule has 0 aliphatic rings. The number of aliphatic carboxylic acids is 1. The van der Waals surface area contributed by atoms with Crippen LogP contribution >= 0.6 is 11.3 Å². The van der Waals surface area contributed by atoms with Gasteiger partial charge in [0.05, 0.1) is 23.1 Å². The summed E-state index contributed by atoms with van der Waals surface area (Å²) in [5.74, 6) is -1.21. The predicted octanol–water partition coefficient (Wildman–Crippen LogP) is 2.41. The number of nitrogens with one attached hydrogen (secondary N) is 1. The molecule has 2 heterocycles. The topological polar surface area (TPSA) is 101 Å². The molecule has 0 saturated carbocycles. The highest BCUT2D eigenvalue weighted by atomic mass is 32.1. The Labute approximate surface area is 159 Å². The van der Waals surface area contributed by atoms with Crippen LogP contribution in [0.5, 0.6) is 0 Å². The number of aryl methyl sites for hydroxylation is 1. The van der Waals surface area contributed by atoms with Crippen LogP contribution in [0.3, 0.4) is 0 Å². The molecule has 0 atom stereocenters. The third-order valence-electron chi connectivity index (χ3n) is 4.17. The number of carbonyl (C=O) groups is 2. The largest absolute Gasteiger partial charge is 0.481 e. The van der Waals surface area contributed by atoms with E-state index in [2.05, 4.69) is 10.3 Å². The quantitative estimate of drug-likeness (QED) is 0.608. The van der Waals surface area contributed by atoms with E-state index in [1.807, 2.05) is 30.3 Å². The van der Waals surface area contributed by atoms with E-state index in [1.165, 1.54) is 22.2 Å². The third kappa shape index (κ3) is 4.22. The Kier molecular flexibility index (Phi) is 5.66. The van der Waals surface area contributed by atoms with E-state index in [-0.39, 0.29) is 24.4 Å². The number of hydrogen-bond donors (Lipinski definition) is 2. The van der Waals surface area contributed by atoms with Crippen molar-refractivity contribution in [1.82, 2.24) is 14.9 Å². The highest BCUT2D eigenvalue weighted by Gasteiger charge is 2.19. The molecule has 0 radical (unpaired) electrons. The summed E-state index contributed by atoms with van der Waals surface area (Å²) in [7, 11) is 0. The van der Waals surface area contributed by atoms with Crippen molar-refractivity contribution >= 4 is 33.4 Å². The normalized spacial score (nSPS) is 10.9. The second-order valence-corrected chi connectivity index (χ2v) is 7.15. The lowest BCUT2D eigenvalue weighted by atomic mass is 10.2. The molecule has 27 heavy (non-hydrogen) atoms. The standard InChI is InChI=1S/C19H19N3O4S/c1-12-15-18(27-16(12)17(25)20-9-5-8-14(23)24)21-11-22(19(15)26)10-13-6-3-2-4-7-13/h2-4,6-7,11H,5,8-10H2,1H3,(H,20,25)(H,23,24). The van der Waals surface area contributed by atoms with E-state index in [0.29, 0.717) is 33.6 Å². The zero-order valence-corrected chi connectivity index (χ0v) is 15.6. The van der Waals surface area contributed by atoms with Gasteiger partial charge in [-0.2, -0.15) is 0 Å². The Morgan fingerprint density at radius 1 is 1.26 bits per heavy atom. The van der Waals surface area contributed by atoms with Gasteiger partial charge in [-0.05, 0) is 24.5 Å². The smallest absolute Gasteiger partial charge is 0.303 e. The molecule has 0 unspecified atom stereocenters. The SMILES string of the molecule is Cc1c(C(=O)NCCCC(=O)O)sc2ncn(Cc3ccccc3)c(=O)c12. The average Bonchev–Trinajstić information content (AvgIpc) is 2.99. The van der Waals surface area contributed by atoms with Crippen molar-refractivity contribution in [1.29, 1.82) is 0 Å². The van der Waals surface area contributed by atoms with E-state index in [1.54, 1.807) is 6.92 Å². The number of carbonyl (C=O) groups excluding carboxylic acids is 1. The van der Waals surface area contributed by atoms with E-state index < -0.39 is 5.97 Å². The Morgan fingerprint density at radius 3 is 2.70 bits per heavy atom. The first kappa shape index (κ1) is 18.8. The number of nitrogens with zero attached hydrogens (tertiary/aromatic N) is 2. The van der Waals surface area contributed by atoms with Crippen molar-refractivity contribution in [3.8, 4) is 0 Å². The fraction of sp³-hybridized carbons (Fsp3) is 0.263. The number of carboxylic acids is 1. The lowest BCUT2D eigenvalue weighted by Crippen LogP contribution is -2.25. The van der Waals surface area contributed by atoms with E-state index in [0.717, 1.165) is 5.56 Å². The van der Waals surface area contributed by atoms with Crippen molar-refractivity contribution in [2.24, 2.45) is 0 Å². The minimum atomic E-state index is -0.898. The summed E-state index contributed by atoms with van der Waals surface area (Å²) in [4.78, 5) is 41.1. The summed E-state index contributed by atoms with van der Waals surface area (Å²) in [5.41, 5.74) is 1.42. The maximum absolute atomic E-state index is 12.9. The fourth-order valence-corrected chi connectivity index (χ4v) is 3.85. The Balaban J connectivity index is 1.84. The van der Waals surface area contributed by atoms with E-state index >= 15 is 0 Å². The van der Waals surface area contributed by atoms with Crippen molar-refractivity contribution in [2.75, 3.05) is 6.54 Å². The maximum atomic E-state index is 12.9. The summed E-state index contributed by atoms with van der Waals surface area (Å²) in [6.07, 6.45) is 1.85. The van der Waals surface area contributed by atoms with Gasteiger partial charge in [0.25, 0.3) is 11.5 Å². The monoisotopic (exact) mass is 385 g/mol. The van der Waals surface area contributed by atoms with Crippen LogP contribution in [0.4, 0.5) is 0 Å². The number of amides is 1. The minimum absolute atomic E-state index is 0.00255. The molecular weight excluding hydrogens is 366 g/mol. The van der Waals surface area contributed by atoms with Crippen LogP contribution in [-0.2, 0) is 11.3 Å². The summed E-state index contributed by atoms with van der Waals surface area (Å²) in [6, 6.07) is 9.61. The van der Waals surface area contributed by atoms with Gasteiger partial charge >= 0.3 is 5.97 Å². The summed E-state index contributed by atoms with van der Waals surface area (Å²) >= 11 is 1.17. The number of carboxylic acid groups (broad SMARTS) is 1. The molecule has 2 N–H and O–H groups in total. The van der Waals surface area contributed by atoms with E-state index in [9.17, 15) is 14.4 Å². The fourth-order valence-electron chi connectivity index (χ4n) is 2.79. The molecule has 0 saturated heterocycles. The van der Waals surface area contributed by atoms with Gasteiger partial charge in [-0.1, -0.05) is 30.3 Å². The second-order valence-electron chi connectivity index (χ2n) is 6.15. The Bertz CT molecular complexity index is 1040. The summed E-state index contributed by atoms with van der Waals surface area (Å²) in [6.45, 7) is 2.42. The zero-order chi connectivity index (χ0) is 19.4. The van der Waals surface area contributed by atoms with Crippen LogP contribution in [0, 0.1) is 6.92 Å². The van der Waals surface area contributed by atoms with Crippen LogP contribution < -0.4 is 10.9 Å². The highest BCUT2D eigenvalue weighted by molar-refractivity contribution is 7.20. The first-order chi connectivity index (χ1) is 13.0. The zero-order valence-electron chi connectivity index (χ0n) is 14.8. The van der Waals surface area contributed by atoms with Gasteiger partial charge in [0.1, 0.15) is 4.83 Å². The third-order valence-corrected chi connectivity index (χ3v) is 5.37. The Hall–Kier alpha value is -3.00.